The van der Waals surface area contributed by atoms with Crippen LogP contribution in [0.15, 0.2) is 42.5 Å². The standard InChI is InChI=1S/C17H16O4/c1-19-12-6-7-15-13(10-12)16(18)17(21-15)9-8-11-4-2-3-5-14(11)20-17/h2-7,10,16,18H,8-9H2,1H3/t16-,17+/m0/s1. The van der Waals surface area contributed by atoms with Gasteiger partial charge in [0.05, 0.1) is 7.11 Å². The van der Waals surface area contributed by atoms with Gasteiger partial charge in [0.1, 0.15) is 17.2 Å². The molecule has 21 heavy (non-hydrogen) atoms. The van der Waals surface area contributed by atoms with Crippen LogP contribution in [0, 0.1) is 0 Å². The minimum atomic E-state index is -1.02. The van der Waals surface area contributed by atoms with Crippen LogP contribution in [0.5, 0.6) is 17.2 Å². The van der Waals surface area contributed by atoms with Gasteiger partial charge in [-0.2, -0.15) is 0 Å². The molecule has 4 rings (SSSR count). The summed E-state index contributed by atoms with van der Waals surface area (Å²) in [6, 6.07) is 13.3. The van der Waals surface area contributed by atoms with Crippen LogP contribution >= 0.6 is 0 Å². The first kappa shape index (κ1) is 12.5. The van der Waals surface area contributed by atoms with E-state index >= 15 is 0 Å². The smallest absolute Gasteiger partial charge is 0.281 e. The van der Waals surface area contributed by atoms with Crippen molar-refractivity contribution in [3.8, 4) is 17.2 Å². The van der Waals surface area contributed by atoms with Gasteiger partial charge in [-0.3, -0.25) is 0 Å². The Kier molecular flexibility index (Phi) is 2.62. The number of hydrogen-bond acceptors (Lipinski definition) is 4. The summed E-state index contributed by atoms with van der Waals surface area (Å²) in [6.07, 6.45) is 0.608. The third-order valence-electron chi connectivity index (χ3n) is 4.21. The van der Waals surface area contributed by atoms with Gasteiger partial charge in [-0.1, -0.05) is 18.2 Å². The van der Waals surface area contributed by atoms with Gasteiger partial charge < -0.3 is 19.3 Å². The van der Waals surface area contributed by atoms with Crippen molar-refractivity contribution in [3.05, 3.63) is 53.6 Å². The predicted octanol–water partition coefficient (Wildman–Crippen LogP) is 2.84. The van der Waals surface area contributed by atoms with Crippen LogP contribution in [-0.4, -0.2) is 18.0 Å². The van der Waals surface area contributed by atoms with E-state index < -0.39 is 11.9 Å². The molecule has 2 heterocycles. The minimum Gasteiger partial charge on any atom is -0.497 e. The Morgan fingerprint density at radius 1 is 1.14 bits per heavy atom. The molecule has 0 radical (unpaired) electrons. The molecule has 2 aliphatic heterocycles. The fraction of sp³-hybridized carbons (Fsp3) is 0.294. The molecule has 1 spiro atoms. The van der Waals surface area contributed by atoms with E-state index in [4.69, 9.17) is 14.2 Å². The summed E-state index contributed by atoms with van der Waals surface area (Å²) in [5, 5.41) is 10.7. The van der Waals surface area contributed by atoms with Gasteiger partial charge in [-0.25, -0.2) is 0 Å². The van der Waals surface area contributed by atoms with Crippen LogP contribution in [-0.2, 0) is 6.42 Å². The Labute approximate surface area is 122 Å². The Bertz CT molecular complexity index is 697. The average molecular weight is 284 g/mol. The Hall–Kier alpha value is -2.20. The maximum Gasteiger partial charge on any atom is 0.281 e. The lowest BCUT2D eigenvalue weighted by Crippen LogP contribution is -2.46. The van der Waals surface area contributed by atoms with Crippen LogP contribution in [0.25, 0.3) is 0 Å². The van der Waals surface area contributed by atoms with E-state index in [1.54, 1.807) is 13.2 Å². The number of hydrogen-bond donors (Lipinski definition) is 1. The number of methoxy groups -OCH3 is 1. The van der Waals surface area contributed by atoms with E-state index in [0.717, 1.165) is 17.7 Å². The molecule has 108 valence electrons. The molecule has 2 atom stereocenters. The SMILES string of the molecule is COc1ccc2c(c1)[C@H](O)[C@@]1(CCc3ccccc3O1)O2. The predicted molar refractivity (Wildman–Crippen MR) is 76.7 cm³/mol. The van der Waals surface area contributed by atoms with E-state index in [0.29, 0.717) is 23.5 Å². The van der Waals surface area contributed by atoms with Crippen LogP contribution in [0.3, 0.4) is 0 Å². The summed E-state index contributed by atoms with van der Waals surface area (Å²) in [5.41, 5.74) is 1.86. The van der Waals surface area contributed by atoms with Crippen LogP contribution in [0.2, 0.25) is 0 Å². The zero-order valence-electron chi connectivity index (χ0n) is 11.7. The third kappa shape index (κ3) is 1.79. The first-order valence-electron chi connectivity index (χ1n) is 7.04. The molecule has 0 bridgehead atoms. The van der Waals surface area contributed by atoms with Gasteiger partial charge in [-0.05, 0) is 36.2 Å². The normalized spacial score (nSPS) is 25.7. The first-order valence-corrected chi connectivity index (χ1v) is 7.04. The highest BCUT2D eigenvalue weighted by atomic mass is 16.7. The lowest BCUT2D eigenvalue weighted by atomic mass is 9.94. The topological polar surface area (TPSA) is 47.9 Å². The number of para-hydroxylation sites is 1. The molecule has 2 aromatic rings. The van der Waals surface area contributed by atoms with E-state index in [2.05, 4.69) is 0 Å². The zero-order chi connectivity index (χ0) is 14.4. The fourth-order valence-electron chi connectivity index (χ4n) is 3.06. The van der Waals surface area contributed by atoms with Crippen molar-refractivity contribution in [2.24, 2.45) is 0 Å². The minimum absolute atomic E-state index is 0.613. The van der Waals surface area contributed by atoms with Gasteiger partial charge in [0.15, 0.2) is 6.10 Å². The fourth-order valence-corrected chi connectivity index (χ4v) is 3.06. The molecule has 4 nitrogen and oxygen atoms in total. The summed E-state index contributed by atoms with van der Waals surface area (Å²) >= 11 is 0. The maximum absolute atomic E-state index is 10.7. The van der Waals surface area contributed by atoms with Crippen molar-refractivity contribution in [3.63, 3.8) is 0 Å². The van der Waals surface area contributed by atoms with E-state index in [-0.39, 0.29) is 0 Å². The molecule has 2 aliphatic rings. The maximum atomic E-state index is 10.7. The monoisotopic (exact) mass is 284 g/mol. The Morgan fingerprint density at radius 3 is 2.81 bits per heavy atom. The van der Waals surface area contributed by atoms with E-state index in [1.807, 2.05) is 36.4 Å². The van der Waals surface area contributed by atoms with Crippen molar-refractivity contribution in [2.45, 2.75) is 24.7 Å². The van der Waals surface area contributed by atoms with Crippen LogP contribution in [0.1, 0.15) is 23.7 Å². The second-order valence-corrected chi connectivity index (χ2v) is 5.43. The third-order valence-corrected chi connectivity index (χ3v) is 4.21. The van der Waals surface area contributed by atoms with Crippen molar-refractivity contribution >= 4 is 0 Å². The van der Waals surface area contributed by atoms with Crippen molar-refractivity contribution in [2.75, 3.05) is 7.11 Å². The van der Waals surface area contributed by atoms with Crippen LogP contribution < -0.4 is 14.2 Å². The number of aliphatic hydroxyl groups excluding tert-OH is 1. The van der Waals surface area contributed by atoms with Gasteiger partial charge in [0.2, 0.25) is 0 Å². The second kappa shape index (κ2) is 4.40. The lowest BCUT2D eigenvalue weighted by Gasteiger charge is -2.36. The molecule has 0 aliphatic carbocycles. The van der Waals surface area contributed by atoms with Gasteiger partial charge in [-0.15, -0.1) is 0 Å². The van der Waals surface area contributed by atoms with Gasteiger partial charge >= 0.3 is 0 Å². The number of aryl methyl sites for hydroxylation is 1. The number of aliphatic hydroxyl groups is 1. The number of benzene rings is 2. The summed E-state index contributed by atoms with van der Waals surface area (Å²) in [4.78, 5) is 0. The molecule has 0 unspecified atom stereocenters. The molecule has 4 heteroatoms. The molecule has 0 saturated carbocycles. The van der Waals surface area contributed by atoms with Crippen LogP contribution in [0.4, 0.5) is 0 Å². The highest BCUT2D eigenvalue weighted by molar-refractivity contribution is 5.47. The van der Waals surface area contributed by atoms with Gasteiger partial charge in [0, 0.05) is 12.0 Å². The van der Waals surface area contributed by atoms with E-state index in [9.17, 15) is 5.11 Å². The quantitative estimate of drug-likeness (QED) is 0.874. The average Bonchev–Trinajstić information content (AvgIpc) is 2.79. The Balaban J connectivity index is 1.72. The summed E-state index contributed by atoms with van der Waals surface area (Å²) in [7, 11) is 1.60. The molecule has 1 N–H and O–H groups in total. The molecule has 0 aromatic heterocycles. The Morgan fingerprint density at radius 2 is 1.95 bits per heavy atom. The number of fused-ring (bicyclic) bond motifs is 2. The number of ether oxygens (including phenoxy) is 3. The summed E-state index contributed by atoms with van der Waals surface area (Å²) < 4.78 is 17.2. The van der Waals surface area contributed by atoms with Crippen molar-refractivity contribution in [1.29, 1.82) is 0 Å². The molecule has 0 saturated heterocycles. The second-order valence-electron chi connectivity index (χ2n) is 5.43. The van der Waals surface area contributed by atoms with Crippen molar-refractivity contribution < 1.29 is 19.3 Å². The molecule has 0 amide bonds. The number of rotatable bonds is 1. The highest BCUT2D eigenvalue weighted by Gasteiger charge is 2.52. The molecular weight excluding hydrogens is 268 g/mol. The lowest BCUT2D eigenvalue weighted by molar-refractivity contribution is -0.179. The van der Waals surface area contributed by atoms with Gasteiger partial charge in [0.25, 0.3) is 5.79 Å². The largest absolute Gasteiger partial charge is 0.497 e. The summed E-state index contributed by atoms with van der Waals surface area (Å²) in [6.45, 7) is 0. The van der Waals surface area contributed by atoms with E-state index in [1.165, 1.54) is 0 Å². The first-order chi connectivity index (χ1) is 10.2. The van der Waals surface area contributed by atoms with Crippen molar-refractivity contribution in [1.82, 2.24) is 0 Å². The zero-order valence-corrected chi connectivity index (χ0v) is 11.7. The summed E-state index contributed by atoms with van der Waals surface area (Å²) in [5.74, 6) is 1.11. The molecule has 2 aromatic carbocycles. The highest BCUT2D eigenvalue weighted by Crippen LogP contribution is 2.49. The molecule has 0 fully saturated rings. The molecular formula is C17H16O4.